The third-order valence-corrected chi connectivity index (χ3v) is 4.30. The second-order valence-electron chi connectivity index (χ2n) is 5.96. The van der Waals surface area contributed by atoms with E-state index in [0.29, 0.717) is 6.04 Å². The van der Waals surface area contributed by atoms with Crippen LogP contribution in [0.4, 0.5) is 0 Å². The lowest BCUT2D eigenvalue weighted by Crippen LogP contribution is -2.46. The van der Waals surface area contributed by atoms with Crippen molar-refractivity contribution in [1.29, 1.82) is 0 Å². The number of rotatable bonds is 4. The van der Waals surface area contributed by atoms with Crippen LogP contribution in [0.2, 0.25) is 0 Å². The first kappa shape index (κ1) is 14.5. The summed E-state index contributed by atoms with van der Waals surface area (Å²) in [6, 6.07) is 9.21. The Kier molecular flexibility index (Phi) is 4.97. The van der Waals surface area contributed by atoms with Crippen LogP contribution in [0.5, 0.6) is 0 Å². The van der Waals surface area contributed by atoms with Crippen LogP contribution < -0.4 is 5.73 Å². The van der Waals surface area contributed by atoms with Crippen LogP contribution >= 0.6 is 0 Å². The molecule has 3 nitrogen and oxygen atoms in total. The number of likely N-dealkylation sites (N-methyl/N-ethyl adjacent to an activating group) is 2. The van der Waals surface area contributed by atoms with E-state index in [1.807, 2.05) is 0 Å². The van der Waals surface area contributed by atoms with Gasteiger partial charge in [-0.2, -0.15) is 0 Å². The molecule has 1 aromatic carbocycles. The van der Waals surface area contributed by atoms with Crippen LogP contribution in [0.25, 0.3) is 0 Å². The van der Waals surface area contributed by atoms with Gasteiger partial charge in [0.05, 0.1) is 0 Å². The lowest BCUT2D eigenvalue weighted by Gasteiger charge is -2.37. The smallest absolute Gasteiger partial charge is 0.0426 e. The number of hydrogen-bond donors (Lipinski definition) is 1. The third kappa shape index (κ3) is 3.78. The van der Waals surface area contributed by atoms with Crippen LogP contribution in [-0.2, 0) is 0 Å². The average Bonchev–Trinajstić information content (AvgIpc) is 2.39. The first-order chi connectivity index (χ1) is 9.08. The van der Waals surface area contributed by atoms with Gasteiger partial charge in [0.2, 0.25) is 0 Å². The topological polar surface area (TPSA) is 32.5 Å². The van der Waals surface area contributed by atoms with Gasteiger partial charge in [0, 0.05) is 25.2 Å². The highest BCUT2D eigenvalue weighted by Gasteiger charge is 2.22. The predicted octanol–water partition coefficient (Wildman–Crippen LogP) is 2.02. The minimum atomic E-state index is 0.110. The van der Waals surface area contributed by atoms with Crippen molar-refractivity contribution in [3.8, 4) is 0 Å². The first-order valence-corrected chi connectivity index (χ1v) is 7.28. The Morgan fingerprint density at radius 1 is 1.42 bits per heavy atom. The van der Waals surface area contributed by atoms with Crippen molar-refractivity contribution >= 4 is 0 Å². The van der Waals surface area contributed by atoms with Crippen molar-refractivity contribution in [2.24, 2.45) is 5.73 Å². The maximum absolute atomic E-state index is 6.38. The van der Waals surface area contributed by atoms with Crippen LogP contribution in [0.1, 0.15) is 30.0 Å². The normalized spacial score (nSPS) is 22.7. The molecule has 1 fully saturated rings. The molecular formula is C16H27N3. The summed E-state index contributed by atoms with van der Waals surface area (Å²) in [6.07, 6.45) is 2.59. The fourth-order valence-corrected chi connectivity index (χ4v) is 3.06. The number of aryl methyl sites for hydroxylation is 1. The van der Waals surface area contributed by atoms with Gasteiger partial charge < -0.3 is 15.5 Å². The number of nitrogens with zero attached hydrogens (tertiary/aromatic N) is 2. The molecule has 0 aromatic heterocycles. The number of nitrogens with two attached hydrogens (primary N) is 1. The zero-order chi connectivity index (χ0) is 13.8. The molecule has 106 valence electrons. The first-order valence-electron chi connectivity index (χ1n) is 7.28. The molecule has 0 aliphatic carbocycles. The number of benzene rings is 1. The Morgan fingerprint density at radius 3 is 2.84 bits per heavy atom. The highest BCUT2D eigenvalue weighted by Crippen LogP contribution is 2.19. The molecule has 1 aliphatic rings. The molecule has 2 N–H and O–H groups in total. The predicted molar refractivity (Wildman–Crippen MR) is 81.3 cm³/mol. The lowest BCUT2D eigenvalue weighted by atomic mass is 10.00. The average molecular weight is 261 g/mol. The second-order valence-corrected chi connectivity index (χ2v) is 5.96. The molecule has 0 amide bonds. The SMILES string of the molecule is Cc1ccccc1C(N)CN(C)C1CCCN(C)C1. The maximum Gasteiger partial charge on any atom is 0.0426 e. The minimum absolute atomic E-state index is 0.110. The fraction of sp³-hybridized carbons (Fsp3) is 0.625. The molecule has 19 heavy (non-hydrogen) atoms. The molecule has 2 atom stereocenters. The second kappa shape index (κ2) is 6.51. The summed E-state index contributed by atoms with van der Waals surface area (Å²) in [5, 5.41) is 0. The van der Waals surface area contributed by atoms with E-state index in [4.69, 9.17) is 5.73 Å². The van der Waals surface area contributed by atoms with Gasteiger partial charge in [-0.15, -0.1) is 0 Å². The minimum Gasteiger partial charge on any atom is -0.323 e. The Balaban J connectivity index is 1.95. The van der Waals surface area contributed by atoms with Gasteiger partial charge in [0.15, 0.2) is 0 Å². The van der Waals surface area contributed by atoms with Gasteiger partial charge in [0.1, 0.15) is 0 Å². The van der Waals surface area contributed by atoms with E-state index in [-0.39, 0.29) is 6.04 Å². The number of likely N-dealkylation sites (tertiary alicyclic amines) is 1. The van der Waals surface area contributed by atoms with Crippen molar-refractivity contribution in [3.05, 3.63) is 35.4 Å². The molecule has 0 radical (unpaired) electrons. The maximum atomic E-state index is 6.38. The van der Waals surface area contributed by atoms with E-state index in [2.05, 4.69) is 55.1 Å². The molecular weight excluding hydrogens is 234 g/mol. The monoisotopic (exact) mass is 261 g/mol. The van der Waals surface area contributed by atoms with E-state index in [1.54, 1.807) is 0 Å². The fourth-order valence-electron chi connectivity index (χ4n) is 3.06. The molecule has 1 aliphatic heterocycles. The van der Waals surface area contributed by atoms with Crippen molar-refractivity contribution in [2.75, 3.05) is 33.7 Å². The third-order valence-electron chi connectivity index (χ3n) is 4.30. The van der Waals surface area contributed by atoms with Crippen molar-refractivity contribution in [3.63, 3.8) is 0 Å². The van der Waals surface area contributed by atoms with E-state index < -0.39 is 0 Å². The summed E-state index contributed by atoms with van der Waals surface area (Å²) in [7, 11) is 4.42. The Bertz CT molecular complexity index is 405. The van der Waals surface area contributed by atoms with Crippen LogP contribution in [-0.4, -0.2) is 49.6 Å². The van der Waals surface area contributed by atoms with Gasteiger partial charge in [-0.1, -0.05) is 24.3 Å². The lowest BCUT2D eigenvalue weighted by molar-refractivity contribution is 0.129. The summed E-state index contributed by atoms with van der Waals surface area (Å²) in [5.41, 5.74) is 8.95. The van der Waals surface area contributed by atoms with Crippen LogP contribution in [0.3, 0.4) is 0 Å². The summed E-state index contributed by atoms with van der Waals surface area (Å²) < 4.78 is 0. The van der Waals surface area contributed by atoms with E-state index in [0.717, 1.165) is 13.1 Å². The van der Waals surface area contributed by atoms with E-state index >= 15 is 0 Å². The largest absolute Gasteiger partial charge is 0.323 e. The quantitative estimate of drug-likeness (QED) is 0.900. The molecule has 3 heteroatoms. The summed E-state index contributed by atoms with van der Waals surface area (Å²) >= 11 is 0. The van der Waals surface area contributed by atoms with Gasteiger partial charge in [-0.3, -0.25) is 0 Å². The summed E-state index contributed by atoms with van der Waals surface area (Å²) in [4.78, 5) is 4.86. The van der Waals surface area contributed by atoms with Gasteiger partial charge in [-0.25, -0.2) is 0 Å². The molecule has 2 rings (SSSR count). The molecule has 0 spiro atoms. The Morgan fingerprint density at radius 2 is 2.16 bits per heavy atom. The van der Waals surface area contributed by atoms with E-state index in [9.17, 15) is 0 Å². The zero-order valence-corrected chi connectivity index (χ0v) is 12.5. The number of hydrogen-bond acceptors (Lipinski definition) is 3. The van der Waals surface area contributed by atoms with Crippen LogP contribution in [0.15, 0.2) is 24.3 Å². The zero-order valence-electron chi connectivity index (χ0n) is 12.5. The summed E-state index contributed by atoms with van der Waals surface area (Å²) in [5.74, 6) is 0. The molecule has 1 aromatic rings. The highest BCUT2D eigenvalue weighted by molar-refractivity contribution is 5.28. The van der Waals surface area contributed by atoms with Crippen molar-refractivity contribution < 1.29 is 0 Å². The highest BCUT2D eigenvalue weighted by atomic mass is 15.2. The van der Waals surface area contributed by atoms with E-state index in [1.165, 1.54) is 30.5 Å². The van der Waals surface area contributed by atoms with Gasteiger partial charge in [-0.05, 0) is 51.5 Å². The van der Waals surface area contributed by atoms with Gasteiger partial charge in [0.25, 0.3) is 0 Å². The van der Waals surface area contributed by atoms with Crippen molar-refractivity contribution in [2.45, 2.75) is 31.8 Å². The summed E-state index contributed by atoms with van der Waals surface area (Å²) in [6.45, 7) is 5.47. The Labute approximate surface area is 117 Å². The standard InChI is InChI=1S/C16H27N3/c1-13-7-4-5-9-15(13)16(17)12-19(3)14-8-6-10-18(2)11-14/h4-5,7,9,14,16H,6,8,10-12,17H2,1-3H3. The van der Waals surface area contributed by atoms with Gasteiger partial charge >= 0.3 is 0 Å². The molecule has 0 bridgehead atoms. The van der Waals surface area contributed by atoms with Crippen LogP contribution in [0, 0.1) is 6.92 Å². The molecule has 1 saturated heterocycles. The van der Waals surface area contributed by atoms with Crippen molar-refractivity contribution in [1.82, 2.24) is 9.80 Å². The molecule has 1 heterocycles. The molecule has 2 unspecified atom stereocenters. The Hall–Kier alpha value is -0.900. The molecule has 0 saturated carbocycles. The number of piperidine rings is 1.